The van der Waals surface area contributed by atoms with Gasteiger partial charge in [-0.3, -0.25) is 0 Å². The topological polar surface area (TPSA) is 105 Å². The summed E-state index contributed by atoms with van der Waals surface area (Å²) in [4.78, 5) is 16.0. The van der Waals surface area contributed by atoms with E-state index in [1.54, 1.807) is 0 Å². The molecule has 0 saturated carbocycles. The second-order valence-corrected chi connectivity index (χ2v) is 11.7. The van der Waals surface area contributed by atoms with Crippen molar-refractivity contribution >= 4 is 46.4 Å². The average molecular weight is 595 g/mol. The molecule has 6 aliphatic heterocycles. The summed E-state index contributed by atoms with van der Waals surface area (Å²) in [5, 5.41) is 12.9. The van der Waals surface area contributed by atoms with Crippen LogP contribution in [-0.4, -0.2) is 72.3 Å². The van der Waals surface area contributed by atoms with E-state index in [4.69, 9.17) is 0 Å². The van der Waals surface area contributed by atoms with Crippen molar-refractivity contribution in [2.45, 2.75) is 51.4 Å². The Morgan fingerprint density at radius 3 is 0.750 bits per heavy atom. The van der Waals surface area contributed by atoms with Gasteiger partial charge in [0.15, 0.2) is 0 Å². The quantitative estimate of drug-likeness (QED) is 0.129. The summed E-state index contributed by atoms with van der Waals surface area (Å²) in [7, 11) is 0. The van der Waals surface area contributed by atoms with Gasteiger partial charge < -0.3 is 31.2 Å². The summed E-state index contributed by atoms with van der Waals surface area (Å²) >= 11 is 0. The molecule has 4 fully saturated rings. The van der Waals surface area contributed by atoms with Gasteiger partial charge >= 0.3 is 0 Å². The highest BCUT2D eigenvalue weighted by molar-refractivity contribution is 5.77. The molecule has 0 aromatic carbocycles. The van der Waals surface area contributed by atoms with Crippen molar-refractivity contribution in [1.82, 2.24) is 41.2 Å². The number of aromatic amines is 2. The van der Waals surface area contributed by atoms with Crippen LogP contribution in [0.25, 0.3) is 46.4 Å². The number of aromatic nitrogens is 4. The predicted molar refractivity (Wildman–Crippen MR) is 187 cm³/mol. The summed E-state index contributed by atoms with van der Waals surface area (Å²) in [5.41, 5.74) is 7.86. The standard InChI is InChI=1S/C20H14N4.4C4H9N/c1-2-14-10-16-5-6-18(23-16)12-20-8-7-19(24-20)11-17-4-3-15(22-17)9-13(1)21-14;4*1-2-4-5-3-1/h1-12,21,24H;4*5H,1-4H2. The van der Waals surface area contributed by atoms with Crippen molar-refractivity contribution < 1.29 is 0 Å². The number of nitrogens with one attached hydrogen (secondary N) is 6. The molecule has 8 heteroatoms. The van der Waals surface area contributed by atoms with E-state index >= 15 is 0 Å². The third kappa shape index (κ3) is 11.5. The lowest BCUT2D eigenvalue weighted by Crippen LogP contribution is -2.03. The molecule has 0 amide bonds. The summed E-state index contributed by atoms with van der Waals surface area (Å²) in [6.45, 7) is 10.0. The van der Waals surface area contributed by atoms with E-state index in [9.17, 15) is 0 Å². The first-order valence-corrected chi connectivity index (χ1v) is 16.7. The molecule has 9 heterocycles. The molecule has 0 atom stereocenters. The zero-order valence-electron chi connectivity index (χ0n) is 26.1. The molecule has 0 radical (unpaired) electrons. The highest BCUT2D eigenvalue weighted by Crippen LogP contribution is 2.17. The molecule has 6 N–H and O–H groups in total. The van der Waals surface area contributed by atoms with Gasteiger partial charge in [-0.2, -0.15) is 0 Å². The van der Waals surface area contributed by atoms with Crippen molar-refractivity contribution in [1.29, 1.82) is 0 Å². The highest BCUT2D eigenvalue weighted by atomic mass is 14.9. The van der Waals surface area contributed by atoms with Crippen molar-refractivity contribution in [2.24, 2.45) is 0 Å². The Kier molecular flexibility index (Phi) is 13.2. The maximum absolute atomic E-state index is 4.63. The lowest BCUT2D eigenvalue weighted by atomic mass is 10.3. The van der Waals surface area contributed by atoms with Crippen LogP contribution in [-0.2, 0) is 0 Å². The fourth-order valence-corrected chi connectivity index (χ4v) is 5.44. The van der Waals surface area contributed by atoms with Gasteiger partial charge in [0.25, 0.3) is 0 Å². The Balaban J connectivity index is 0.000000153. The minimum absolute atomic E-state index is 0.939. The van der Waals surface area contributed by atoms with Crippen LogP contribution in [0.4, 0.5) is 0 Å². The summed E-state index contributed by atoms with van der Waals surface area (Å²) < 4.78 is 0. The van der Waals surface area contributed by atoms with Gasteiger partial charge in [-0.1, -0.05) is 0 Å². The first-order valence-electron chi connectivity index (χ1n) is 16.7. The number of fused-ring (bicyclic) bond motifs is 8. The molecular weight excluding hydrogens is 544 g/mol. The van der Waals surface area contributed by atoms with Gasteiger partial charge in [-0.15, -0.1) is 0 Å². The summed E-state index contributed by atoms with van der Waals surface area (Å²) in [5.74, 6) is 0. The maximum atomic E-state index is 4.63. The van der Waals surface area contributed by atoms with Crippen LogP contribution >= 0.6 is 0 Å². The maximum Gasteiger partial charge on any atom is 0.0658 e. The summed E-state index contributed by atoms with van der Waals surface area (Å²) in [6, 6.07) is 16.4. The largest absolute Gasteiger partial charge is 0.355 e. The molecule has 3 aromatic heterocycles. The van der Waals surface area contributed by atoms with Gasteiger partial charge in [0, 0.05) is 22.1 Å². The summed E-state index contributed by atoms with van der Waals surface area (Å²) in [6.07, 6.45) is 19.2. The molecule has 4 saturated heterocycles. The van der Waals surface area contributed by atoms with Crippen molar-refractivity contribution in [3.63, 3.8) is 0 Å². The predicted octanol–water partition coefficient (Wildman–Crippen LogP) is 6.13. The van der Waals surface area contributed by atoms with E-state index in [1.165, 1.54) is 104 Å². The van der Waals surface area contributed by atoms with Crippen LogP contribution in [0, 0.1) is 0 Å². The number of hydrogen-bond donors (Lipinski definition) is 6. The van der Waals surface area contributed by atoms with Gasteiger partial charge in [-0.05, 0) is 177 Å². The Hall–Kier alpha value is -3.56. The van der Waals surface area contributed by atoms with Crippen molar-refractivity contribution in [2.75, 3.05) is 52.4 Å². The van der Waals surface area contributed by atoms with Crippen LogP contribution in [0.2, 0.25) is 0 Å². The molecular formula is C36H50N8. The highest BCUT2D eigenvalue weighted by Gasteiger charge is 2.01. The number of rotatable bonds is 0. The Labute approximate surface area is 262 Å². The van der Waals surface area contributed by atoms with Crippen molar-refractivity contribution in [3.05, 3.63) is 71.3 Å². The lowest BCUT2D eigenvalue weighted by molar-refractivity contribution is 0.857. The molecule has 9 rings (SSSR count). The zero-order chi connectivity index (χ0) is 30.1. The van der Waals surface area contributed by atoms with Gasteiger partial charge in [0.1, 0.15) is 0 Å². The second-order valence-electron chi connectivity index (χ2n) is 11.7. The van der Waals surface area contributed by atoms with Gasteiger partial charge in [0.2, 0.25) is 0 Å². The third-order valence-corrected chi connectivity index (χ3v) is 7.87. The fraction of sp³-hybridized carbons (Fsp3) is 0.444. The first-order chi connectivity index (χ1) is 21.8. The molecule has 44 heavy (non-hydrogen) atoms. The minimum Gasteiger partial charge on any atom is -0.355 e. The number of H-pyrrole nitrogens is 2. The molecule has 0 unspecified atom stereocenters. The first kappa shape index (κ1) is 31.9. The molecule has 8 nitrogen and oxygen atoms in total. The van der Waals surface area contributed by atoms with Crippen LogP contribution in [0.5, 0.6) is 0 Å². The molecule has 234 valence electrons. The van der Waals surface area contributed by atoms with E-state index in [-0.39, 0.29) is 0 Å². The molecule has 8 bridgehead atoms. The van der Waals surface area contributed by atoms with E-state index in [0.717, 1.165) is 44.8 Å². The molecule has 3 aromatic rings. The van der Waals surface area contributed by atoms with Crippen molar-refractivity contribution in [3.8, 4) is 0 Å². The second kappa shape index (κ2) is 18.3. The normalized spacial score (nSPS) is 17.8. The van der Waals surface area contributed by atoms with E-state index in [0.29, 0.717) is 0 Å². The lowest BCUT2D eigenvalue weighted by Gasteiger charge is -1.85. The minimum atomic E-state index is 0.939. The van der Waals surface area contributed by atoms with Gasteiger partial charge in [0.05, 0.1) is 22.8 Å². The Morgan fingerprint density at radius 1 is 0.341 bits per heavy atom. The van der Waals surface area contributed by atoms with E-state index < -0.39 is 0 Å². The zero-order valence-corrected chi connectivity index (χ0v) is 26.1. The molecule has 6 aliphatic rings. The van der Waals surface area contributed by atoms with Crippen LogP contribution in [0.1, 0.15) is 74.1 Å². The Morgan fingerprint density at radius 2 is 0.568 bits per heavy atom. The van der Waals surface area contributed by atoms with Gasteiger partial charge in [-0.25, -0.2) is 9.97 Å². The number of hydrogen-bond acceptors (Lipinski definition) is 6. The monoisotopic (exact) mass is 594 g/mol. The van der Waals surface area contributed by atoms with E-state index in [2.05, 4.69) is 65.5 Å². The van der Waals surface area contributed by atoms with Crippen LogP contribution in [0.15, 0.2) is 48.5 Å². The number of nitrogens with zero attached hydrogens (tertiary/aromatic N) is 2. The third-order valence-electron chi connectivity index (χ3n) is 7.87. The fourth-order valence-electron chi connectivity index (χ4n) is 5.44. The Bertz CT molecular complexity index is 1240. The molecule has 0 spiro atoms. The molecule has 0 aliphatic carbocycles. The van der Waals surface area contributed by atoms with E-state index in [1.807, 2.05) is 48.6 Å². The van der Waals surface area contributed by atoms with Crippen LogP contribution in [0.3, 0.4) is 0 Å². The SMILES string of the molecule is C1=Cc2cc3ccc(cc4nc(cc5ccc(cc1n2)[nH]5)C=C4)[nH]3.C1CCNC1.C1CCNC1.C1CCNC1.C1CCNC1. The smallest absolute Gasteiger partial charge is 0.0658 e. The van der Waals surface area contributed by atoms with Crippen LogP contribution < -0.4 is 21.3 Å². The average Bonchev–Trinajstić information content (AvgIpc) is 3.87.